The van der Waals surface area contributed by atoms with Crippen LogP contribution in [0.25, 0.3) is 0 Å². The third-order valence-electron chi connectivity index (χ3n) is 2.98. The lowest BCUT2D eigenvalue weighted by atomic mass is 10.1. The zero-order chi connectivity index (χ0) is 14.8. The number of benzene rings is 1. The molecule has 0 amide bonds. The molecule has 2 atom stereocenters. The smallest absolute Gasteiger partial charge is 0.242 e. The third-order valence-corrected chi connectivity index (χ3v) is 4.96. The van der Waals surface area contributed by atoms with Crippen LogP contribution in [0.3, 0.4) is 0 Å². The quantitative estimate of drug-likeness (QED) is 0.852. The summed E-state index contributed by atoms with van der Waals surface area (Å²) < 4.78 is 31.9. The van der Waals surface area contributed by atoms with Crippen molar-refractivity contribution in [3.8, 4) is 6.07 Å². The Kier molecular flexibility index (Phi) is 4.62. The maximum absolute atomic E-state index is 12.2. The lowest BCUT2D eigenvalue weighted by Gasteiger charge is -2.28. The molecule has 20 heavy (non-hydrogen) atoms. The first-order valence-electron chi connectivity index (χ1n) is 5.92. The topological polar surface area (TPSA) is 99.4 Å². The first-order chi connectivity index (χ1) is 9.44. The highest BCUT2D eigenvalue weighted by Gasteiger charge is 2.29. The zero-order valence-corrected chi connectivity index (χ0v) is 12.0. The molecule has 0 spiro atoms. The number of nitrogens with one attached hydrogen (secondary N) is 1. The second-order valence-corrected chi connectivity index (χ2v) is 6.51. The Morgan fingerprint density at radius 2 is 2.25 bits per heavy atom. The van der Waals surface area contributed by atoms with Crippen LogP contribution in [0, 0.1) is 11.3 Å². The van der Waals surface area contributed by atoms with Crippen LogP contribution < -0.4 is 4.72 Å². The lowest BCUT2D eigenvalue weighted by Crippen LogP contribution is -2.48. The van der Waals surface area contributed by atoms with Crippen molar-refractivity contribution in [2.75, 3.05) is 13.2 Å². The molecular formula is C12H13ClN2O4S. The second kappa shape index (κ2) is 6.08. The third kappa shape index (κ3) is 3.29. The summed E-state index contributed by atoms with van der Waals surface area (Å²) in [7, 11) is -3.86. The Morgan fingerprint density at radius 3 is 2.85 bits per heavy atom. The molecule has 1 aliphatic heterocycles. The van der Waals surface area contributed by atoms with Crippen LogP contribution in [0.1, 0.15) is 12.0 Å². The largest absolute Gasteiger partial charge is 0.389 e. The molecule has 0 aromatic heterocycles. The van der Waals surface area contributed by atoms with Crippen molar-refractivity contribution in [2.45, 2.75) is 23.5 Å². The number of aliphatic hydroxyl groups excluding tert-OH is 1. The summed E-state index contributed by atoms with van der Waals surface area (Å²) in [5.41, 5.74) is 0.278. The Labute approximate surface area is 122 Å². The maximum Gasteiger partial charge on any atom is 0.242 e. The Balaban J connectivity index is 2.24. The van der Waals surface area contributed by atoms with E-state index in [1.54, 1.807) is 0 Å². The molecule has 1 fully saturated rings. The van der Waals surface area contributed by atoms with Gasteiger partial charge in [0.05, 0.1) is 35.4 Å². The number of sulfonamides is 1. The van der Waals surface area contributed by atoms with E-state index in [1.165, 1.54) is 18.2 Å². The van der Waals surface area contributed by atoms with Crippen LogP contribution in [-0.2, 0) is 14.8 Å². The SMILES string of the molecule is N#Cc1ccc(S(=O)(=O)N[C@@H]2CCOC[C@H]2O)c(Cl)c1. The van der Waals surface area contributed by atoms with Gasteiger partial charge in [0.15, 0.2) is 0 Å². The predicted molar refractivity (Wildman–Crippen MR) is 71.7 cm³/mol. The van der Waals surface area contributed by atoms with Gasteiger partial charge in [0.2, 0.25) is 10.0 Å². The molecule has 108 valence electrons. The molecule has 1 aliphatic rings. The number of nitriles is 1. The van der Waals surface area contributed by atoms with E-state index < -0.39 is 22.2 Å². The van der Waals surface area contributed by atoms with Crippen LogP contribution in [0.5, 0.6) is 0 Å². The summed E-state index contributed by atoms with van der Waals surface area (Å²) in [4.78, 5) is -0.114. The number of rotatable bonds is 3. The van der Waals surface area contributed by atoms with Crippen molar-refractivity contribution in [2.24, 2.45) is 0 Å². The minimum absolute atomic E-state index is 0.0295. The first-order valence-corrected chi connectivity index (χ1v) is 7.78. The van der Waals surface area contributed by atoms with Crippen LogP contribution >= 0.6 is 11.6 Å². The van der Waals surface area contributed by atoms with Gasteiger partial charge in [-0.2, -0.15) is 5.26 Å². The standard InChI is InChI=1S/C12H13ClN2O4S/c13-9-5-8(6-14)1-2-12(9)20(17,18)15-10-3-4-19-7-11(10)16/h1-2,5,10-11,15-16H,3-4,7H2/t10-,11-/m1/s1. The van der Waals surface area contributed by atoms with Crippen LogP contribution in [0.4, 0.5) is 0 Å². The number of halogens is 1. The molecule has 2 rings (SSSR count). The lowest BCUT2D eigenvalue weighted by molar-refractivity contribution is -0.0222. The summed E-state index contributed by atoms with van der Waals surface area (Å²) in [6.45, 7) is 0.472. The fourth-order valence-corrected chi connectivity index (χ4v) is 3.76. The van der Waals surface area contributed by atoms with Gasteiger partial charge in [-0.1, -0.05) is 11.6 Å². The van der Waals surface area contributed by atoms with Crippen molar-refractivity contribution in [3.63, 3.8) is 0 Å². The van der Waals surface area contributed by atoms with E-state index in [-0.39, 0.29) is 22.1 Å². The van der Waals surface area contributed by atoms with Gasteiger partial charge in [-0.05, 0) is 24.6 Å². The van der Waals surface area contributed by atoms with E-state index in [4.69, 9.17) is 21.6 Å². The molecule has 1 saturated heterocycles. The van der Waals surface area contributed by atoms with E-state index in [9.17, 15) is 13.5 Å². The van der Waals surface area contributed by atoms with E-state index in [2.05, 4.69) is 4.72 Å². The Bertz CT molecular complexity index is 641. The molecule has 0 radical (unpaired) electrons. The molecular weight excluding hydrogens is 304 g/mol. The van der Waals surface area contributed by atoms with Gasteiger partial charge in [0.25, 0.3) is 0 Å². The molecule has 0 aliphatic carbocycles. The molecule has 1 aromatic rings. The molecule has 1 aromatic carbocycles. The highest BCUT2D eigenvalue weighted by Crippen LogP contribution is 2.23. The van der Waals surface area contributed by atoms with E-state index in [1.807, 2.05) is 6.07 Å². The van der Waals surface area contributed by atoms with Gasteiger partial charge in [-0.3, -0.25) is 0 Å². The fraction of sp³-hybridized carbons (Fsp3) is 0.417. The van der Waals surface area contributed by atoms with Crippen LogP contribution in [0.2, 0.25) is 5.02 Å². The van der Waals surface area contributed by atoms with E-state index in [0.29, 0.717) is 13.0 Å². The zero-order valence-electron chi connectivity index (χ0n) is 10.4. The van der Waals surface area contributed by atoms with Crippen LogP contribution in [0.15, 0.2) is 23.1 Å². The molecule has 0 bridgehead atoms. The predicted octanol–water partition coefficient (Wildman–Crippen LogP) is 0.640. The van der Waals surface area contributed by atoms with E-state index in [0.717, 1.165) is 0 Å². The van der Waals surface area contributed by atoms with Crippen molar-refractivity contribution < 1.29 is 18.3 Å². The number of ether oxygens (including phenoxy) is 1. The van der Waals surface area contributed by atoms with Crippen molar-refractivity contribution in [3.05, 3.63) is 28.8 Å². The number of hydrogen-bond acceptors (Lipinski definition) is 5. The summed E-state index contributed by atoms with van der Waals surface area (Å²) in [5.74, 6) is 0. The molecule has 0 unspecified atom stereocenters. The number of aliphatic hydroxyl groups is 1. The highest BCUT2D eigenvalue weighted by atomic mass is 35.5. The average Bonchev–Trinajstić information content (AvgIpc) is 2.40. The fourth-order valence-electron chi connectivity index (χ4n) is 1.91. The van der Waals surface area contributed by atoms with Crippen LogP contribution in [-0.4, -0.2) is 38.9 Å². The monoisotopic (exact) mass is 316 g/mol. The minimum Gasteiger partial charge on any atom is -0.389 e. The van der Waals surface area contributed by atoms with Gasteiger partial charge < -0.3 is 9.84 Å². The molecule has 2 N–H and O–H groups in total. The molecule has 6 nitrogen and oxygen atoms in total. The van der Waals surface area contributed by atoms with Gasteiger partial charge in [-0.15, -0.1) is 0 Å². The number of nitrogens with zero attached hydrogens (tertiary/aromatic N) is 1. The second-order valence-electron chi connectivity index (χ2n) is 4.42. The van der Waals surface area contributed by atoms with Gasteiger partial charge in [-0.25, -0.2) is 13.1 Å². The maximum atomic E-state index is 12.2. The summed E-state index contributed by atoms with van der Waals surface area (Å²) in [5, 5.41) is 18.4. The van der Waals surface area contributed by atoms with Gasteiger partial charge in [0, 0.05) is 6.61 Å². The highest BCUT2D eigenvalue weighted by molar-refractivity contribution is 7.89. The summed E-state index contributed by atoms with van der Waals surface area (Å²) >= 11 is 5.89. The Morgan fingerprint density at radius 1 is 1.50 bits per heavy atom. The van der Waals surface area contributed by atoms with Gasteiger partial charge in [0.1, 0.15) is 4.90 Å². The van der Waals surface area contributed by atoms with E-state index >= 15 is 0 Å². The van der Waals surface area contributed by atoms with Gasteiger partial charge >= 0.3 is 0 Å². The minimum atomic E-state index is -3.86. The van der Waals surface area contributed by atoms with Crippen molar-refractivity contribution in [1.82, 2.24) is 4.72 Å². The van der Waals surface area contributed by atoms with Crippen molar-refractivity contribution in [1.29, 1.82) is 5.26 Å². The first kappa shape index (κ1) is 15.2. The Hall–Kier alpha value is -1.17. The van der Waals surface area contributed by atoms with Crippen molar-refractivity contribution >= 4 is 21.6 Å². The summed E-state index contributed by atoms with van der Waals surface area (Å²) in [6, 6.07) is 5.20. The summed E-state index contributed by atoms with van der Waals surface area (Å²) in [6.07, 6.45) is -0.510. The molecule has 0 saturated carbocycles. The average molecular weight is 317 g/mol. The number of hydrogen-bond donors (Lipinski definition) is 2. The molecule has 8 heteroatoms. The molecule has 1 heterocycles. The normalized spacial score (nSPS) is 23.2.